The van der Waals surface area contributed by atoms with Crippen LogP contribution in [0.3, 0.4) is 0 Å². The van der Waals surface area contributed by atoms with E-state index < -0.39 is 0 Å². The topological polar surface area (TPSA) is 25.2 Å². The normalized spacial score (nSPS) is 12.8. The van der Waals surface area contributed by atoms with Gasteiger partial charge in [0.25, 0.3) is 0 Å². The van der Waals surface area contributed by atoms with Gasteiger partial charge in [0.1, 0.15) is 5.76 Å². The number of hydrogen-bond donors (Lipinski definition) is 1. The molecule has 1 atom stereocenters. The first kappa shape index (κ1) is 10.5. The molecule has 0 spiro atoms. The minimum Gasteiger partial charge on any atom is -0.453 e. The monoisotopic (exact) mass is 243 g/mol. The smallest absolute Gasteiger partial charge is 0.169 e. The van der Waals surface area contributed by atoms with Crippen LogP contribution in [-0.2, 0) is 0 Å². The van der Waals surface area contributed by atoms with Crippen molar-refractivity contribution in [3.63, 3.8) is 0 Å². The summed E-state index contributed by atoms with van der Waals surface area (Å²) < 4.78 is 6.22. The summed E-state index contributed by atoms with van der Waals surface area (Å²) in [5, 5.41) is 3.19. The van der Waals surface area contributed by atoms with Crippen LogP contribution in [0.1, 0.15) is 25.1 Å². The van der Waals surface area contributed by atoms with Crippen LogP contribution in [0.2, 0.25) is 0 Å². The molecule has 0 saturated heterocycles. The molecule has 1 heterocycles. The Kier molecular flexibility index (Phi) is 3.75. The van der Waals surface area contributed by atoms with E-state index in [9.17, 15) is 0 Å². The fourth-order valence-electron chi connectivity index (χ4n) is 1.21. The lowest BCUT2D eigenvalue weighted by atomic mass is 10.1. The maximum Gasteiger partial charge on any atom is 0.169 e. The molecule has 1 N–H and O–H groups in total. The van der Waals surface area contributed by atoms with Crippen molar-refractivity contribution in [2.75, 3.05) is 7.05 Å². The van der Waals surface area contributed by atoms with Gasteiger partial charge in [0.05, 0.1) is 6.04 Å². The number of rotatable bonds is 4. The van der Waals surface area contributed by atoms with Crippen LogP contribution < -0.4 is 5.32 Å². The quantitative estimate of drug-likeness (QED) is 0.822. The highest BCUT2D eigenvalue weighted by Crippen LogP contribution is 2.24. The minimum absolute atomic E-state index is 0.226. The van der Waals surface area contributed by atoms with Crippen molar-refractivity contribution in [3.05, 3.63) is 34.7 Å². The first-order valence-electron chi connectivity index (χ1n) is 4.20. The highest BCUT2D eigenvalue weighted by molar-refractivity contribution is 9.10. The second-order valence-electron chi connectivity index (χ2n) is 3.14. The number of furan rings is 1. The zero-order valence-corrected chi connectivity index (χ0v) is 9.52. The summed E-state index contributed by atoms with van der Waals surface area (Å²) in [6.45, 7) is 5.90. The van der Waals surface area contributed by atoms with Crippen LogP contribution in [-0.4, -0.2) is 7.05 Å². The molecule has 2 nitrogen and oxygen atoms in total. The molecule has 1 aromatic rings. The highest BCUT2D eigenvalue weighted by atomic mass is 79.9. The molecule has 0 fully saturated rings. The molecule has 0 bridgehead atoms. The van der Waals surface area contributed by atoms with Crippen molar-refractivity contribution in [2.45, 2.75) is 19.4 Å². The third kappa shape index (κ3) is 3.01. The Hall–Kier alpha value is -0.540. The maximum atomic E-state index is 5.45. The van der Waals surface area contributed by atoms with E-state index in [1.807, 2.05) is 26.1 Å². The number of hydrogen-bond acceptors (Lipinski definition) is 2. The number of halogens is 1. The van der Waals surface area contributed by atoms with E-state index in [0.29, 0.717) is 0 Å². The molecule has 0 aliphatic carbocycles. The molecule has 13 heavy (non-hydrogen) atoms. The van der Waals surface area contributed by atoms with E-state index in [-0.39, 0.29) is 6.04 Å². The third-order valence-electron chi connectivity index (χ3n) is 1.84. The first-order chi connectivity index (χ1) is 6.13. The fourth-order valence-corrected chi connectivity index (χ4v) is 1.53. The van der Waals surface area contributed by atoms with Gasteiger partial charge in [-0.1, -0.05) is 5.57 Å². The zero-order valence-electron chi connectivity index (χ0n) is 7.93. The zero-order chi connectivity index (χ0) is 9.84. The molecule has 72 valence electrons. The SMILES string of the molecule is C=C(C)CC(NC)c1ccc(Br)o1. The maximum absolute atomic E-state index is 5.45. The van der Waals surface area contributed by atoms with E-state index in [1.54, 1.807) is 0 Å². The van der Waals surface area contributed by atoms with Crippen LogP contribution >= 0.6 is 15.9 Å². The summed E-state index contributed by atoms with van der Waals surface area (Å²) in [6, 6.07) is 4.09. The van der Waals surface area contributed by atoms with E-state index in [1.165, 1.54) is 0 Å². The summed E-state index contributed by atoms with van der Waals surface area (Å²) in [5.41, 5.74) is 1.15. The Balaban J connectivity index is 2.72. The number of nitrogens with one attached hydrogen (secondary N) is 1. The van der Waals surface area contributed by atoms with E-state index in [0.717, 1.165) is 22.4 Å². The van der Waals surface area contributed by atoms with Crippen LogP contribution in [0.25, 0.3) is 0 Å². The molecule has 1 rings (SSSR count). The molecule has 0 aliphatic rings. The Morgan fingerprint density at radius 2 is 2.38 bits per heavy atom. The van der Waals surface area contributed by atoms with E-state index in [2.05, 4.69) is 27.8 Å². The Bertz CT molecular complexity index is 293. The summed E-state index contributed by atoms with van der Waals surface area (Å²) >= 11 is 3.28. The Morgan fingerprint density at radius 1 is 1.69 bits per heavy atom. The molecular formula is C10H14BrNO. The van der Waals surface area contributed by atoms with E-state index >= 15 is 0 Å². The van der Waals surface area contributed by atoms with Gasteiger partial charge < -0.3 is 9.73 Å². The molecular weight excluding hydrogens is 230 g/mol. The van der Waals surface area contributed by atoms with Gasteiger partial charge in [-0.3, -0.25) is 0 Å². The minimum atomic E-state index is 0.226. The van der Waals surface area contributed by atoms with Crippen molar-refractivity contribution < 1.29 is 4.42 Å². The van der Waals surface area contributed by atoms with Crippen molar-refractivity contribution >= 4 is 15.9 Å². The van der Waals surface area contributed by atoms with Gasteiger partial charge in [-0.25, -0.2) is 0 Å². The van der Waals surface area contributed by atoms with E-state index in [4.69, 9.17) is 4.42 Å². The lowest BCUT2D eigenvalue weighted by Gasteiger charge is -2.12. The molecule has 3 heteroatoms. The third-order valence-corrected chi connectivity index (χ3v) is 2.26. The molecule has 1 aromatic heterocycles. The van der Waals surface area contributed by atoms with Gasteiger partial charge in [0.2, 0.25) is 0 Å². The van der Waals surface area contributed by atoms with Crippen LogP contribution in [0, 0.1) is 0 Å². The Morgan fingerprint density at radius 3 is 2.77 bits per heavy atom. The van der Waals surface area contributed by atoms with Gasteiger partial charge in [-0.2, -0.15) is 0 Å². The van der Waals surface area contributed by atoms with Gasteiger partial charge in [-0.05, 0) is 48.5 Å². The largest absolute Gasteiger partial charge is 0.453 e. The summed E-state index contributed by atoms with van der Waals surface area (Å²) in [4.78, 5) is 0. The standard InChI is InChI=1S/C10H14BrNO/c1-7(2)6-8(12-3)9-4-5-10(11)13-9/h4-5,8,12H,1,6H2,2-3H3. The second kappa shape index (κ2) is 4.63. The first-order valence-corrected chi connectivity index (χ1v) is 4.99. The van der Waals surface area contributed by atoms with Crippen molar-refractivity contribution in [3.8, 4) is 0 Å². The van der Waals surface area contributed by atoms with Gasteiger partial charge in [0.15, 0.2) is 4.67 Å². The highest BCUT2D eigenvalue weighted by Gasteiger charge is 2.12. The Labute approximate surface area is 87.1 Å². The van der Waals surface area contributed by atoms with Crippen molar-refractivity contribution in [2.24, 2.45) is 0 Å². The predicted molar refractivity (Wildman–Crippen MR) is 57.6 cm³/mol. The lowest BCUT2D eigenvalue weighted by molar-refractivity contribution is 0.416. The van der Waals surface area contributed by atoms with Crippen molar-refractivity contribution in [1.29, 1.82) is 0 Å². The molecule has 0 amide bonds. The summed E-state index contributed by atoms with van der Waals surface area (Å²) in [5.74, 6) is 0.942. The molecule has 0 aromatic carbocycles. The fraction of sp³-hybridized carbons (Fsp3) is 0.400. The second-order valence-corrected chi connectivity index (χ2v) is 3.93. The molecule has 0 radical (unpaired) electrons. The van der Waals surface area contributed by atoms with Gasteiger partial charge in [0, 0.05) is 0 Å². The molecule has 0 saturated carbocycles. The van der Waals surface area contributed by atoms with Crippen LogP contribution in [0.5, 0.6) is 0 Å². The van der Waals surface area contributed by atoms with Crippen molar-refractivity contribution in [1.82, 2.24) is 5.32 Å². The predicted octanol–water partition coefficient (Wildman–Crippen LogP) is 3.27. The summed E-state index contributed by atoms with van der Waals surface area (Å²) in [7, 11) is 1.92. The average Bonchev–Trinajstić information content (AvgIpc) is 2.47. The molecule has 0 aliphatic heterocycles. The average molecular weight is 244 g/mol. The van der Waals surface area contributed by atoms with Gasteiger partial charge >= 0.3 is 0 Å². The lowest BCUT2D eigenvalue weighted by Crippen LogP contribution is -2.15. The van der Waals surface area contributed by atoms with Crippen LogP contribution in [0.4, 0.5) is 0 Å². The van der Waals surface area contributed by atoms with Gasteiger partial charge in [-0.15, -0.1) is 6.58 Å². The molecule has 1 unspecified atom stereocenters. The van der Waals surface area contributed by atoms with Crippen LogP contribution in [0.15, 0.2) is 33.4 Å². The summed E-state index contributed by atoms with van der Waals surface area (Å²) in [6.07, 6.45) is 0.899.